The van der Waals surface area contributed by atoms with Gasteiger partial charge in [-0.25, -0.2) is 4.98 Å². The number of H-pyrrole nitrogens is 1. The zero-order valence-corrected chi connectivity index (χ0v) is 17.0. The number of aryl methyl sites for hydroxylation is 1. The fourth-order valence-electron chi connectivity index (χ4n) is 3.48. The Morgan fingerprint density at radius 1 is 1.14 bits per heavy atom. The third-order valence-corrected chi connectivity index (χ3v) is 5.54. The highest BCUT2D eigenvalue weighted by atomic mass is 35.5. The van der Waals surface area contributed by atoms with E-state index >= 15 is 0 Å². The summed E-state index contributed by atoms with van der Waals surface area (Å²) in [5, 5.41) is 2.19. The molecule has 0 atom stereocenters. The molecule has 0 aliphatic rings. The highest BCUT2D eigenvalue weighted by molar-refractivity contribution is 6.41. The van der Waals surface area contributed by atoms with Crippen molar-refractivity contribution in [3.05, 3.63) is 51.0 Å². The van der Waals surface area contributed by atoms with Crippen LogP contribution in [0.3, 0.4) is 0 Å². The predicted molar refractivity (Wildman–Crippen MR) is 112 cm³/mol. The molecule has 0 amide bonds. The Hall–Kier alpha value is -2.70. The highest BCUT2D eigenvalue weighted by Crippen LogP contribution is 2.45. The van der Waals surface area contributed by atoms with Crippen LogP contribution in [0.4, 0.5) is 0 Å². The zero-order chi connectivity index (χ0) is 20.0. The molecule has 0 bridgehead atoms. The number of ether oxygens (including phenoxy) is 2. The summed E-state index contributed by atoms with van der Waals surface area (Å²) in [6, 6.07) is 5.26. The van der Waals surface area contributed by atoms with E-state index < -0.39 is 0 Å². The Morgan fingerprint density at radius 3 is 2.43 bits per heavy atom. The standard InChI is InChI=1S/C20H17Cl2N3O3/c1-4-25-18-10(9-24-19-11(18)5-6-23-19)7-12(20(25)26)15-16(21)13(27-2)8-14(28-3)17(15)22/h5-9H,4H2,1-3H3,(H,23,24). The van der Waals surface area contributed by atoms with E-state index in [1.807, 2.05) is 13.0 Å². The molecule has 0 saturated carbocycles. The number of rotatable bonds is 4. The molecule has 0 aliphatic carbocycles. The molecule has 4 aromatic rings. The zero-order valence-electron chi connectivity index (χ0n) is 15.5. The molecule has 0 spiro atoms. The maximum Gasteiger partial charge on any atom is 0.259 e. The molecule has 1 aromatic carbocycles. The molecule has 1 N–H and O–H groups in total. The average Bonchev–Trinajstić information content (AvgIpc) is 3.18. The van der Waals surface area contributed by atoms with Gasteiger partial charge in [0.15, 0.2) is 0 Å². The molecular weight excluding hydrogens is 401 g/mol. The van der Waals surface area contributed by atoms with E-state index in [1.54, 1.807) is 29.1 Å². The number of pyridine rings is 2. The van der Waals surface area contributed by atoms with Crippen LogP contribution in [-0.4, -0.2) is 28.8 Å². The number of methoxy groups -OCH3 is 2. The Kier molecular flexibility index (Phi) is 4.69. The van der Waals surface area contributed by atoms with Crippen molar-refractivity contribution in [3.8, 4) is 22.6 Å². The molecule has 0 aliphatic heterocycles. The number of fused-ring (bicyclic) bond motifs is 3. The summed E-state index contributed by atoms with van der Waals surface area (Å²) in [6.07, 6.45) is 3.53. The summed E-state index contributed by atoms with van der Waals surface area (Å²) in [7, 11) is 2.99. The quantitative estimate of drug-likeness (QED) is 0.513. The normalized spacial score (nSPS) is 11.3. The lowest BCUT2D eigenvalue weighted by atomic mass is 10.0. The second kappa shape index (κ2) is 7.04. The van der Waals surface area contributed by atoms with Crippen LogP contribution in [0.25, 0.3) is 33.1 Å². The van der Waals surface area contributed by atoms with Gasteiger partial charge in [-0.05, 0) is 19.1 Å². The molecule has 144 valence electrons. The summed E-state index contributed by atoms with van der Waals surface area (Å²) in [5.41, 5.74) is 2.06. The second-order valence-corrected chi connectivity index (χ2v) is 6.95. The number of aromatic amines is 1. The van der Waals surface area contributed by atoms with E-state index in [9.17, 15) is 4.79 Å². The highest BCUT2D eigenvalue weighted by Gasteiger charge is 2.23. The van der Waals surface area contributed by atoms with Crippen molar-refractivity contribution in [2.45, 2.75) is 13.5 Å². The third-order valence-electron chi connectivity index (χ3n) is 4.79. The summed E-state index contributed by atoms with van der Waals surface area (Å²) in [5.74, 6) is 0.749. The molecule has 0 radical (unpaired) electrons. The van der Waals surface area contributed by atoms with Crippen molar-refractivity contribution in [1.29, 1.82) is 0 Å². The van der Waals surface area contributed by atoms with Crippen LogP contribution in [0.5, 0.6) is 11.5 Å². The van der Waals surface area contributed by atoms with Gasteiger partial charge < -0.3 is 19.0 Å². The molecule has 28 heavy (non-hydrogen) atoms. The Labute approximate surface area is 170 Å². The summed E-state index contributed by atoms with van der Waals surface area (Å²) in [6.45, 7) is 2.39. The lowest BCUT2D eigenvalue weighted by Gasteiger charge is -2.17. The van der Waals surface area contributed by atoms with E-state index in [0.717, 1.165) is 21.9 Å². The van der Waals surface area contributed by atoms with Gasteiger partial charge in [0.25, 0.3) is 5.56 Å². The van der Waals surface area contributed by atoms with Crippen LogP contribution < -0.4 is 15.0 Å². The van der Waals surface area contributed by atoms with E-state index in [-0.39, 0.29) is 15.6 Å². The van der Waals surface area contributed by atoms with E-state index in [0.29, 0.717) is 29.2 Å². The Bertz CT molecular complexity index is 1250. The Morgan fingerprint density at radius 2 is 1.82 bits per heavy atom. The van der Waals surface area contributed by atoms with Crippen LogP contribution >= 0.6 is 23.2 Å². The van der Waals surface area contributed by atoms with Crippen molar-refractivity contribution in [3.63, 3.8) is 0 Å². The molecule has 6 nitrogen and oxygen atoms in total. The first kappa shape index (κ1) is 18.7. The maximum absolute atomic E-state index is 13.4. The minimum atomic E-state index is -0.206. The van der Waals surface area contributed by atoms with Crippen LogP contribution in [-0.2, 0) is 6.54 Å². The van der Waals surface area contributed by atoms with E-state index in [2.05, 4.69) is 9.97 Å². The fourth-order valence-corrected chi connectivity index (χ4v) is 4.19. The first-order chi connectivity index (χ1) is 13.5. The van der Waals surface area contributed by atoms with Gasteiger partial charge in [0.1, 0.15) is 17.1 Å². The van der Waals surface area contributed by atoms with Gasteiger partial charge in [-0.15, -0.1) is 0 Å². The third kappa shape index (κ3) is 2.64. The molecule has 3 aromatic heterocycles. The van der Waals surface area contributed by atoms with Crippen LogP contribution in [0, 0.1) is 0 Å². The maximum atomic E-state index is 13.4. The molecule has 0 fully saturated rings. The minimum Gasteiger partial charge on any atom is -0.495 e. The smallest absolute Gasteiger partial charge is 0.259 e. The minimum absolute atomic E-state index is 0.206. The van der Waals surface area contributed by atoms with E-state index in [1.165, 1.54) is 14.2 Å². The van der Waals surface area contributed by atoms with Crippen LogP contribution in [0.15, 0.2) is 35.4 Å². The van der Waals surface area contributed by atoms with Gasteiger partial charge in [0.05, 0.1) is 35.3 Å². The number of benzene rings is 1. The van der Waals surface area contributed by atoms with Crippen molar-refractivity contribution >= 4 is 45.1 Å². The molecule has 0 saturated heterocycles. The van der Waals surface area contributed by atoms with Crippen molar-refractivity contribution in [2.24, 2.45) is 0 Å². The second-order valence-electron chi connectivity index (χ2n) is 6.19. The lowest BCUT2D eigenvalue weighted by molar-refractivity contribution is 0.395. The average molecular weight is 418 g/mol. The van der Waals surface area contributed by atoms with Gasteiger partial charge in [-0.3, -0.25) is 4.79 Å². The Balaban J connectivity index is 2.16. The number of hydrogen-bond donors (Lipinski definition) is 1. The summed E-state index contributed by atoms with van der Waals surface area (Å²) in [4.78, 5) is 20.9. The SMILES string of the molecule is CCn1c(=O)c(-c2c(Cl)c(OC)cc(OC)c2Cl)cc2cnc3[nH]ccc3c21. The lowest BCUT2D eigenvalue weighted by Crippen LogP contribution is -2.22. The predicted octanol–water partition coefficient (Wildman–Crippen LogP) is 4.89. The number of hydrogen-bond acceptors (Lipinski definition) is 4. The van der Waals surface area contributed by atoms with Crippen LogP contribution in [0.1, 0.15) is 6.92 Å². The summed E-state index contributed by atoms with van der Waals surface area (Å²) >= 11 is 13.1. The van der Waals surface area contributed by atoms with Gasteiger partial charge in [-0.1, -0.05) is 23.2 Å². The number of aromatic nitrogens is 3. The van der Waals surface area contributed by atoms with Gasteiger partial charge >= 0.3 is 0 Å². The number of nitrogens with zero attached hydrogens (tertiary/aromatic N) is 2. The van der Waals surface area contributed by atoms with E-state index in [4.69, 9.17) is 32.7 Å². The largest absolute Gasteiger partial charge is 0.495 e. The molecule has 3 heterocycles. The van der Waals surface area contributed by atoms with Crippen molar-refractivity contribution in [2.75, 3.05) is 14.2 Å². The van der Waals surface area contributed by atoms with Crippen molar-refractivity contribution in [1.82, 2.24) is 14.5 Å². The fraction of sp³-hybridized carbons (Fsp3) is 0.200. The van der Waals surface area contributed by atoms with Crippen LogP contribution in [0.2, 0.25) is 10.0 Å². The van der Waals surface area contributed by atoms with Gasteiger partial charge in [-0.2, -0.15) is 0 Å². The van der Waals surface area contributed by atoms with Gasteiger partial charge in [0.2, 0.25) is 0 Å². The first-order valence-corrected chi connectivity index (χ1v) is 9.37. The molecule has 4 rings (SSSR count). The topological polar surface area (TPSA) is 69.1 Å². The molecule has 0 unspecified atom stereocenters. The first-order valence-electron chi connectivity index (χ1n) is 8.61. The molecular formula is C20H17Cl2N3O3. The van der Waals surface area contributed by atoms with Gasteiger partial charge in [0, 0.05) is 41.3 Å². The monoisotopic (exact) mass is 417 g/mol. The molecule has 8 heteroatoms. The number of halogens is 2. The number of nitrogens with one attached hydrogen (secondary N) is 1. The van der Waals surface area contributed by atoms with Crippen molar-refractivity contribution < 1.29 is 9.47 Å². The summed E-state index contributed by atoms with van der Waals surface area (Å²) < 4.78 is 12.4.